The Kier molecular flexibility index (Phi) is 3.52. The first-order chi connectivity index (χ1) is 6.93. The zero-order valence-electron chi connectivity index (χ0n) is 7.95. The summed E-state index contributed by atoms with van der Waals surface area (Å²) in [5.41, 5.74) is 0.277. The minimum atomic E-state index is -4.61. The van der Waals surface area contributed by atoms with E-state index >= 15 is 0 Å². The van der Waals surface area contributed by atoms with Gasteiger partial charge in [-0.25, -0.2) is 0 Å². The van der Waals surface area contributed by atoms with Crippen LogP contribution >= 0.6 is 0 Å². The number of aliphatic hydroxyl groups is 1. The summed E-state index contributed by atoms with van der Waals surface area (Å²) in [5, 5.41) is 8.81. The number of ether oxygens (including phenoxy) is 1. The summed E-state index contributed by atoms with van der Waals surface area (Å²) in [6, 6.07) is 1.40. The highest BCUT2D eigenvalue weighted by atomic mass is 19.4. The lowest BCUT2D eigenvalue weighted by Crippen LogP contribution is -2.30. The normalized spacial score (nSPS) is 13.7. The molecule has 84 valence electrons. The smallest absolute Gasteiger partial charge is 0.414 e. The van der Waals surface area contributed by atoms with Gasteiger partial charge in [0.05, 0.1) is 13.3 Å². The first kappa shape index (κ1) is 11.8. The van der Waals surface area contributed by atoms with Crippen molar-refractivity contribution in [2.24, 2.45) is 0 Å². The molecule has 0 saturated heterocycles. The van der Waals surface area contributed by atoms with Gasteiger partial charge in [-0.2, -0.15) is 13.2 Å². The number of hydrogen-bond acceptors (Lipinski definition) is 3. The second-order valence-corrected chi connectivity index (χ2v) is 2.99. The molecule has 0 fully saturated rings. The van der Waals surface area contributed by atoms with Crippen LogP contribution in [-0.2, 0) is 6.42 Å². The van der Waals surface area contributed by atoms with Crippen LogP contribution in [-0.4, -0.2) is 29.5 Å². The molecular weight excluding hydrogens is 211 g/mol. The van der Waals surface area contributed by atoms with Gasteiger partial charge in [0.25, 0.3) is 0 Å². The molecule has 0 radical (unpaired) electrons. The number of aromatic nitrogens is 1. The van der Waals surface area contributed by atoms with Crippen LogP contribution in [0.3, 0.4) is 0 Å². The molecule has 1 unspecified atom stereocenters. The second kappa shape index (κ2) is 4.48. The van der Waals surface area contributed by atoms with Crippen LogP contribution in [0.4, 0.5) is 13.2 Å². The van der Waals surface area contributed by atoms with E-state index in [0.717, 1.165) is 0 Å². The van der Waals surface area contributed by atoms with E-state index in [1.165, 1.54) is 25.6 Å². The summed E-state index contributed by atoms with van der Waals surface area (Å²) in [7, 11) is 1.39. The van der Waals surface area contributed by atoms with Crippen LogP contribution in [0.2, 0.25) is 0 Å². The van der Waals surface area contributed by atoms with Gasteiger partial charge in [-0.1, -0.05) is 0 Å². The van der Waals surface area contributed by atoms with Crippen LogP contribution in [0.15, 0.2) is 18.5 Å². The molecule has 0 aliphatic carbocycles. The summed E-state index contributed by atoms with van der Waals surface area (Å²) >= 11 is 0. The average molecular weight is 221 g/mol. The number of methoxy groups -OCH3 is 1. The maximum Gasteiger partial charge on any atom is 0.414 e. The molecule has 3 nitrogen and oxygen atoms in total. The van der Waals surface area contributed by atoms with E-state index in [-0.39, 0.29) is 5.56 Å². The predicted octanol–water partition coefficient (Wildman–Crippen LogP) is 1.56. The molecule has 1 aromatic heterocycles. The highest BCUT2D eigenvalue weighted by Gasteiger charge is 2.38. The molecule has 1 heterocycles. The monoisotopic (exact) mass is 221 g/mol. The summed E-state index contributed by atoms with van der Waals surface area (Å²) in [6.07, 6.45) is -4.86. The van der Waals surface area contributed by atoms with Gasteiger partial charge >= 0.3 is 6.18 Å². The van der Waals surface area contributed by atoms with Crippen molar-refractivity contribution in [3.8, 4) is 5.75 Å². The molecule has 0 saturated carbocycles. The molecule has 15 heavy (non-hydrogen) atoms. The summed E-state index contributed by atoms with van der Waals surface area (Å²) in [6.45, 7) is 0. The maximum atomic E-state index is 12.0. The zero-order valence-corrected chi connectivity index (χ0v) is 7.95. The quantitative estimate of drug-likeness (QED) is 0.842. The van der Waals surface area contributed by atoms with Crippen LogP contribution in [0, 0.1) is 0 Å². The minimum absolute atomic E-state index is 0.277. The highest BCUT2D eigenvalue weighted by Crippen LogP contribution is 2.23. The Labute approximate surface area is 84.5 Å². The lowest BCUT2D eigenvalue weighted by atomic mass is 10.1. The van der Waals surface area contributed by atoms with Gasteiger partial charge in [-0.3, -0.25) is 4.98 Å². The third-order valence-electron chi connectivity index (χ3n) is 1.81. The van der Waals surface area contributed by atoms with Gasteiger partial charge < -0.3 is 9.84 Å². The van der Waals surface area contributed by atoms with Crippen molar-refractivity contribution >= 4 is 0 Å². The largest absolute Gasteiger partial charge is 0.495 e. The number of nitrogens with zero attached hydrogens (tertiary/aromatic N) is 1. The average Bonchev–Trinajstić information content (AvgIpc) is 2.16. The first-order valence-corrected chi connectivity index (χ1v) is 4.16. The Bertz CT molecular complexity index is 327. The van der Waals surface area contributed by atoms with E-state index in [9.17, 15) is 13.2 Å². The third-order valence-corrected chi connectivity index (χ3v) is 1.81. The van der Waals surface area contributed by atoms with Gasteiger partial charge in [0.15, 0.2) is 6.10 Å². The van der Waals surface area contributed by atoms with Gasteiger partial charge in [0, 0.05) is 12.6 Å². The zero-order chi connectivity index (χ0) is 11.5. The van der Waals surface area contributed by atoms with E-state index in [2.05, 4.69) is 4.98 Å². The Morgan fingerprint density at radius 2 is 2.13 bits per heavy atom. The molecule has 0 spiro atoms. The number of pyridine rings is 1. The minimum Gasteiger partial charge on any atom is -0.495 e. The molecule has 6 heteroatoms. The van der Waals surface area contributed by atoms with E-state index < -0.39 is 18.7 Å². The number of halogens is 3. The van der Waals surface area contributed by atoms with Crippen molar-refractivity contribution in [3.05, 3.63) is 24.0 Å². The Balaban J connectivity index is 2.72. The van der Waals surface area contributed by atoms with Gasteiger partial charge in [-0.15, -0.1) is 0 Å². The van der Waals surface area contributed by atoms with Crippen LogP contribution in [0.5, 0.6) is 5.75 Å². The van der Waals surface area contributed by atoms with E-state index in [1.807, 2.05) is 0 Å². The van der Waals surface area contributed by atoms with Crippen LogP contribution in [0.25, 0.3) is 0 Å². The van der Waals surface area contributed by atoms with Crippen molar-refractivity contribution in [2.75, 3.05) is 7.11 Å². The number of hydrogen-bond donors (Lipinski definition) is 1. The molecule has 0 aliphatic heterocycles. The predicted molar refractivity (Wildman–Crippen MR) is 46.6 cm³/mol. The molecule has 0 aliphatic rings. The molecule has 1 aromatic rings. The SMILES string of the molecule is COc1cncc(CC(O)C(F)(F)F)c1. The number of aliphatic hydroxyl groups excluding tert-OH is 1. The van der Waals surface area contributed by atoms with E-state index in [0.29, 0.717) is 5.75 Å². The van der Waals surface area contributed by atoms with Crippen LogP contribution < -0.4 is 4.74 Å². The van der Waals surface area contributed by atoms with Crippen molar-refractivity contribution in [1.29, 1.82) is 0 Å². The molecule has 0 bridgehead atoms. The van der Waals surface area contributed by atoms with Crippen molar-refractivity contribution in [3.63, 3.8) is 0 Å². The fourth-order valence-electron chi connectivity index (χ4n) is 1.03. The van der Waals surface area contributed by atoms with Gasteiger partial charge in [-0.05, 0) is 11.6 Å². The van der Waals surface area contributed by atoms with Gasteiger partial charge in [0.2, 0.25) is 0 Å². The lowest BCUT2D eigenvalue weighted by molar-refractivity contribution is -0.203. The van der Waals surface area contributed by atoms with Crippen molar-refractivity contribution < 1.29 is 23.0 Å². The Hall–Kier alpha value is -1.30. The Morgan fingerprint density at radius 3 is 2.67 bits per heavy atom. The Morgan fingerprint density at radius 1 is 1.47 bits per heavy atom. The molecular formula is C9H10F3NO2. The summed E-state index contributed by atoms with van der Waals surface area (Å²) < 4.78 is 40.8. The van der Waals surface area contributed by atoms with E-state index in [1.54, 1.807) is 0 Å². The maximum absolute atomic E-state index is 12.0. The number of rotatable bonds is 3. The highest BCUT2D eigenvalue weighted by molar-refractivity contribution is 5.24. The van der Waals surface area contributed by atoms with Gasteiger partial charge in [0.1, 0.15) is 5.75 Å². The van der Waals surface area contributed by atoms with Crippen LogP contribution in [0.1, 0.15) is 5.56 Å². The fourth-order valence-corrected chi connectivity index (χ4v) is 1.03. The molecule has 0 amide bonds. The first-order valence-electron chi connectivity index (χ1n) is 4.16. The molecule has 1 N–H and O–H groups in total. The topological polar surface area (TPSA) is 42.4 Å². The number of alkyl halides is 3. The molecule has 0 aromatic carbocycles. The summed E-state index contributed by atoms with van der Waals surface area (Å²) in [5.74, 6) is 0.363. The lowest BCUT2D eigenvalue weighted by Gasteiger charge is -2.14. The van der Waals surface area contributed by atoms with Crippen molar-refractivity contribution in [2.45, 2.75) is 18.7 Å². The third kappa shape index (κ3) is 3.39. The molecule has 1 atom stereocenters. The molecule has 1 rings (SSSR count). The second-order valence-electron chi connectivity index (χ2n) is 2.99. The fraction of sp³-hybridized carbons (Fsp3) is 0.444. The van der Waals surface area contributed by atoms with E-state index in [4.69, 9.17) is 9.84 Å². The van der Waals surface area contributed by atoms with Crippen molar-refractivity contribution in [1.82, 2.24) is 4.98 Å². The summed E-state index contributed by atoms with van der Waals surface area (Å²) in [4.78, 5) is 3.69. The standard InChI is InChI=1S/C9H10F3NO2/c1-15-7-2-6(4-13-5-7)3-8(14)9(10,11)12/h2,4-5,8,14H,3H2,1H3.